The van der Waals surface area contributed by atoms with Gasteiger partial charge in [-0.25, -0.2) is 0 Å². The SMILES string of the molecule is CC([C]=O)N1CCC(c2ccccc2)CC1. The third-order valence-electron chi connectivity index (χ3n) is 3.52. The van der Waals surface area contributed by atoms with Gasteiger partial charge in [0.05, 0.1) is 6.04 Å². The Hall–Kier alpha value is -1.15. The average Bonchev–Trinajstić information content (AvgIpc) is 2.39. The topological polar surface area (TPSA) is 20.3 Å². The van der Waals surface area contributed by atoms with Gasteiger partial charge in [-0.15, -0.1) is 0 Å². The van der Waals surface area contributed by atoms with Gasteiger partial charge in [-0.05, 0) is 44.3 Å². The number of hydrogen-bond acceptors (Lipinski definition) is 2. The van der Waals surface area contributed by atoms with E-state index in [1.165, 1.54) is 5.56 Å². The van der Waals surface area contributed by atoms with Crippen LogP contribution < -0.4 is 0 Å². The van der Waals surface area contributed by atoms with Crippen LogP contribution in [0.25, 0.3) is 0 Å². The number of piperidine rings is 1. The Balaban J connectivity index is 1.93. The highest BCUT2D eigenvalue weighted by molar-refractivity contribution is 5.57. The molecular formula is C14H18NO. The zero-order chi connectivity index (χ0) is 11.4. The number of carbonyl (C=O) groups excluding carboxylic acids is 1. The highest BCUT2D eigenvalue weighted by atomic mass is 16.1. The lowest BCUT2D eigenvalue weighted by Crippen LogP contribution is -2.40. The van der Waals surface area contributed by atoms with Crippen LogP contribution in [0.3, 0.4) is 0 Å². The maximum Gasteiger partial charge on any atom is 0.216 e. The zero-order valence-electron chi connectivity index (χ0n) is 9.73. The monoisotopic (exact) mass is 216 g/mol. The molecule has 0 saturated carbocycles. The van der Waals surface area contributed by atoms with E-state index in [4.69, 9.17) is 0 Å². The first-order chi connectivity index (χ1) is 7.81. The Labute approximate surface area is 97.3 Å². The standard InChI is InChI=1S/C14H18NO/c1-12(11-16)15-9-7-14(8-10-15)13-5-3-2-4-6-13/h2-6,12,14H,7-10H2,1H3. The van der Waals surface area contributed by atoms with Crippen LogP contribution >= 0.6 is 0 Å². The second-order valence-corrected chi connectivity index (χ2v) is 4.51. The summed E-state index contributed by atoms with van der Waals surface area (Å²) < 4.78 is 0. The van der Waals surface area contributed by atoms with Gasteiger partial charge in [0.2, 0.25) is 6.29 Å². The molecule has 1 saturated heterocycles. The quantitative estimate of drug-likeness (QED) is 0.773. The molecule has 2 nitrogen and oxygen atoms in total. The summed E-state index contributed by atoms with van der Waals surface area (Å²) in [6, 6.07) is 10.6. The lowest BCUT2D eigenvalue weighted by atomic mass is 9.89. The van der Waals surface area contributed by atoms with E-state index in [0.717, 1.165) is 25.9 Å². The van der Waals surface area contributed by atoms with E-state index in [-0.39, 0.29) is 6.04 Å². The summed E-state index contributed by atoms with van der Waals surface area (Å²) in [7, 11) is 0. The predicted octanol–water partition coefficient (Wildman–Crippen LogP) is 2.36. The predicted molar refractivity (Wildman–Crippen MR) is 65.1 cm³/mol. The van der Waals surface area contributed by atoms with Gasteiger partial charge in [0.25, 0.3) is 0 Å². The molecule has 1 aromatic carbocycles. The molecule has 1 aliphatic rings. The smallest absolute Gasteiger partial charge is 0.216 e. The molecule has 1 atom stereocenters. The van der Waals surface area contributed by atoms with Crippen molar-refractivity contribution < 1.29 is 4.79 Å². The first-order valence-electron chi connectivity index (χ1n) is 5.98. The second kappa shape index (κ2) is 5.26. The highest BCUT2D eigenvalue weighted by Gasteiger charge is 2.23. The van der Waals surface area contributed by atoms with Crippen molar-refractivity contribution in [3.63, 3.8) is 0 Å². The fourth-order valence-electron chi connectivity index (χ4n) is 2.42. The zero-order valence-corrected chi connectivity index (χ0v) is 9.73. The van der Waals surface area contributed by atoms with Crippen molar-refractivity contribution in [1.29, 1.82) is 0 Å². The molecular weight excluding hydrogens is 198 g/mol. The van der Waals surface area contributed by atoms with Crippen LogP contribution in [0.2, 0.25) is 0 Å². The Morgan fingerprint density at radius 3 is 2.44 bits per heavy atom. The minimum atomic E-state index is -0.0447. The number of hydrogen-bond donors (Lipinski definition) is 0. The minimum Gasteiger partial charge on any atom is -0.293 e. The summed E-state index contributed by atoms with van der Waals surface area (Å²) >= 11 is 0. The molecule has 2 heteroatoms. The average molecular weight is 216 g/mol. The maximum atomic E-state index is 10.6. The van der Waals surface area contributed by atoms with Gasteiger partial charge < -0.3 is 0 Å². The summed E-state index contributed by atoms with van der Waals surface area (Å²) in [5.74, 6) is 0.663. The Kier molecular flexibility index (Phi) is 3.73. The van der Waals surface area contributed by atoms with Gasteiger partial charge in [-0.3, -0.25) is 9.69 Å². The second-order valence-electron chi connectivity index (χ2n) is 4.51. The third kappa shape index (κ3) is 2.50. The maximum absolute atomic E-state index is 10.6. The van der Waals surface area contributed by atoms with Crippen LogP contribution in [-0.2, 0) is 4.79 Å². The number of benzene rings is 1. The highest BCUT2D eigenvalue weighted by Crippen LogP contribution is 2.28. The van der Waals surface area contributed by atoms with E-state index < -0.39 is 0 Å². The van der Waals surface area contributed by atoms with Crippen molar-refractivity contribution in [2.24, 2.45) is 0 Å². The summed E-state index contributed by atoms with van der Waals surface area (Å²) in [4.78, 5) is 12.8. The van der Waals surface area contributed by atoms with Crippen molar-refractivity contribution in [2.75, 3.05) is 13.1 Å². The molecule has 0 bridgehead atoms. The molecule has 2 rings (SSSR count). The summed E-state index contributed by atoms with van der Waals surface area (Å²) in [5.41, 5.74) is 1.44. The van der Waals surface area contributed by atoms with Gasteiger partial charge in [-0.1, -0.05) is 30.3 Å². The van der Waals surface area contributed by atoms with Gasteiger partial charge in [0.15, 0.2) is 0 Å². The molecule has 0 aliphatic carbocycles. The molecule has 1 radical (unpaired) electrons. The van der Waals surface area contributed by atoms with Crippen LogP contribution in [0, 0.1) is 0 Å². The largest absolute Gasteiger partial charge is 0.293 e. The normalized spacial score (nSPS) is 20.6. The van der Waals surface area contributed by atoms with Crippen molar-refractivity contribution in [3.05, 3.63) is 35.9 Å². The first kappa shape index (κ1) is 11.3. The molecule has 0 spiro atoms. The van der Waals surface area contributed by atoms with Crippen molar-refractivity contribution in [1.82, 2.24) is 4.90 Å². The number of nitrogens with zero attached hydrogens (tertiary/aromatic N) is 1. The Morgan fingerprint density at radius 2 is 1.88 bits per heavy atom. The summed E-state index contributed by atoms with van der Waals surface area (Å²) in [6.07, 6.45) is 4.36. The third-order valence-corrected chi connectivity index (χ3v) is 3.52. The summed E-state index contributed by atoms with van der Waals surface area (Å²) in [6.45, 7) is 3.95. The molecule has 1 heterocycles. The lowest BCUT2D eigenvalue weighted by molar-refractivity contribution is 0.193. The van der Waals surface area contributed by atoms with E-state index >= 15 is 0 Å². The fourth-order valence-corrected chi connectivity index (χ4v) is 2.42. The number of rotatable bonds is 3. The van der Waals surface area contributed by atoms with E-state index in [0.29, 0.717) is 5.92 Å². The van der Waals surface area contributed by atoms with E-state index in [9.17, 15) is 4.79 Å². The van der Waals surface area contributed by atoms with E-state index in [1.54, 1.807) is 0 Å². The van der Waals surface area contributed by atoms with Crippen LogP contribution in [-0.4, -0.2) is 30.3 Å². The Morgan fingerprint density at radius 1 is 1.25 bits per heavy atom. The van der Waals surface area contributed by atoms with Crippen LogP contribution in [0.1, 0.15) is 31.2 Å². The molecule has 0 amide bonds. The summed E-state index contributed by atoms with van der Waals surface area (Å²) in [5, 5.41) is 0. The van der Waals surface area contributed by atoms with Crippen LogP contribution in [0.5, 0.6) is 0 Å². The van der Waals surface area contributed by atoms with Gasteiger partial charge in [0.1, 0.15) is 0 Å². The molecule has 16 heavy (non-hydrogen) atoms. The fraction of sp³-hybridized carbons (Fsp3) is 0.500. The van der Waals surface area contributed by atoms with Crippen molar-refractivity contribution in [2.45, 2.75) is 31.7 Å². The van der Waals surface area contributed by atoms with Gasteiger partial charge >= 0.3 is 0 Å². The molecule has 1 fully saturated rings. The molecule has 85 valence electrons. The molecule has 0 aromatic heterocycles. The van der Waals surface area contributed by atoms with Gasteiger partial charge in [-0.2, -0.15) is 0 Å². The minimum absolute atomic E-state index is 0.0447. The molecule has 1 aliphatic heterocycles. The van der Waals surface area contributed by atoms with Crippen LogP contribution in [0.15, 0.2) is 30.3 Å². The Bertz CT molecular complexity index is 328. The van der Waals surface area contributed by atoms with Crippen molar-refractivity contribution >= 4 is 6.29 Å². The molecule has 0 N–H and O–H groups in total. The van der Waals surface area contributed by atoms with Crippen molar-refractivity contribution in [3.8, 4) is 0 Å². The van der Waals surface area contributed by atoms with E-state index in [2.05, 4.69) is 41.5 Å². The number of likely N-dealkylation sites (tertiary alicyclic amines) is 1. The van der Waals surface area contributed by atoms with Crippen LogP contribution in [0.4, 0.5) is 0 Å². The van der Waals surface area contributed by atoms with Gasteiger partial charge in [0, 0.05) is 0 Å². The first-order valence-corrected chi connectivity index (χ1v) is 5.98. The molecule has 1 unspecified atom stereocenters. The lowest BCUT2D eigenvalue weighted by Gasteiger charge is -2.33. The van der Waals surface area contributed by atoms with E-state index in [1.807, 2.05) is 6.92 Å². The molecule has 1 aromatic rings.